The van der Waals surface area contributed by atoms with Gasteiger partial charge in [-0.15, -0.1) is 0 Å². The lowest BCUT2D eigenvalue weighted by Gasteiger charge is -2.36. The summed E-state index contributed by atoms with van der Waals surface area (Å²) in [4.78, 5) is 27.8. The fourth-order valence-corrected chi connectivity index (χ4v) is 2.59. The molecule has 1 aliphatic rings. The maximum absolute atomic E-state index is 12.3. The summed E-state index contributed by atoms with van der Waals surface area (Å²) >= 11 is 0. The van der Waals surface area contributed by atoms with Crippen LogP contribution in [-0.4, -0.2) is 59.5 Å². The fourth-order valence-electron chi connectivity index (χ4n) is 2.59. The van der Waals surface area contributed by atoms with Crippen LogP contribution in [0.1, 0.15) is 40.0 Å². The number of carbonyl (C=O) groups excluding carboxylic acids is 1. The first kappa shape index (κ1) is 16.0. The molecule has 0 spiro atoms. The van der Waals surface area contributed by atoms with Gasteiger partial charge in [-0.2, -0.15) is 0 Å². The van der Waals surface area contributed by atoms with Crippen LogP contribution in [0.3, 0.4) is 0 Å². The van der Waals surface area contributed by atoms with Gasteiger partial charge in [-0.05, 0) is 19.4 Å². The van der Waals surface area contributed by atoms with E-state index in [2.05, 4.69) is 11.8 Å². The number of carboxylic acids is 1. The van der Waals surface area contributed by atoms with E-state index in [0.717, 1.165) is 32.7 Å². The van der Waals surface area contributed by atoms with Crippen LogP contribution in [0, 0.1) is 5.41 Å². The molecule has 0 aromatic rings. The molecule has 1 amide bonds. The topological polar surface area (TPSA) is 60.9 Å². The SMILES string of the molecule is CCN1CCN(C(=O)CC(CC)(CC)C(=O)O)CC1. The van der Waals surface area contributed by atoms with E-state index in [-0.39, 0.29) is 12.3 Å². The lowest BCUT2D eigenvalue weighted by Crippen LogP contribution is -2.50. The lowest BCUT2D eigenvalue weighted by atomic mass is 9.79. The molecule has 19 heavy (non-hydrogen) atoms. The third kappa shape index (κ3) is 3.69. The van der Waals surface area contributed by atoms with Crippen LogP contribution in [0.4, 0.5) is 0 Å². The number of hydrogen-bond donors (Lipinski definition) is 1. The van der Waals surface area contributed by atoms with Gasteiger partial charge in [0, 0.05) is 32.6 Å². The molecule has 0 radical (unpaired) electrons. The van der Waals surface area contributed by atoms with Gasteiger partial charge in [0.2, 0.25) is 5.91 Å². The van der Waals surface area contributed by atoms with Crippen LogP contribution in [0.25, 0.3) is 0 Å². The quantitative estimate of drug-likeness (QED) is 0.793. The maximum atomic E-state index is 12.3. The maximum Gasteiger partial charge on any atom is 0.310 e. The summed E-state index contributed by atoms with van der Waals surface area (Å²) in [6.45, 7) is 10.0. The standard InChI is InChI=1S/C14H26N2O3/c1-4-14(5-2,13(18)19)11-12(17)16-9-7-15(6-3)8-10-16/h4-11H2,1-3H3,(H,18,19). The summed E-state index contributed by atoms with van der Waals surface area (Å²) in [5, 5.41) is 9.37. The highest BCUT2D eigenvalue weighted by Gasteiger charge is 2.38. The van der Waals surface area contributed by atoms with Crippen molar-refractivity contribution in [1.82, 2.24) is 9.80 Å². The van der Waals surface area contributed by atoms with Gasteiger partial charge in [-0.3, -0.25) is 9.59 Å². The number of carbonyl (C=O) groups is 2. The molecule has 0 aliphatic carbocycles. The van der Waals surface area contributed by atoms with Crippen molar-refractivity contribution in [2.24, 2.45) is 5.41 Å². The van der Waals surface area contributed by atoms with Crippen LogP contribution >= 0.6 is 0 Å². The number of nitrogens with zero attached hydrogens (tertiary/aromatic N) is 2. The van der Waals surface area contributed by atoms with Gasteiger partial charge in [-0.1, -0.05) is 20.8 Å². The number of amides is 1. The van der Waals surface area contributed by atoms with Gasteiger partial charge < -0.3 is 14.9 Å². The molecule has 0 saturated carbocycles. The second kappa shape index (κ2) is 6.89. The van der Waals surface area contributed by atoms with Crippen LogP contribution in [0.2, 0.25) is 0 Å². The van der Waals surface area contributed by atoms with Crippen molar-refractivity contribution in [3.8, 4) is 0 Å². The van der Waals surface area contributed by atoms with E-state index >= 15 is 0 Å². The van der Waals surface area contributed by atoms with Crippen molar-refractivity contribution in [2.45, 2.75) is 40.0 Å². The Morgan fingerprint density at radius 3 is 1.95 bits per heavy atom. The van der Waals surface area contributed by atoms with Crippen molar-refractivity contribution in [3.05, 3.63) is 0 Å². The summed E-state index contributed by atoms with van der Waals surface area (Å²) < 4.78 is 0. The Hall–Kier alpha value is -1.10. The number of likely N-dealkylation sites (N-methyl/N-ethyl adjacent to an activating group) is 1. The molecule has 5 heteroatoms. The van der Waals surface area contributed by atoms with Gasteiger partial charge in [0.25, 0.3) is 0 Å². The minimum atomic E-state index is -0.890. The summed E-state index contributed by atoms with van der Waals surface area (Å²) in [5.41, 5.74) is -0.890. The molecule has 1 heterocycles. The molecule has 110 valence electrons. The average Bonchev–Trinajstić information content (AvgIpc) is 2.44. The van der Waals surface area contributed by atoms with Crippen molar-refractivity contribution in [2.75, 3.05) is 32.7 Å². The number of hydrogen-bond acceptors (Lipinski definition) is 3. The molecule has 0 aromatic heterocycles. The monoisotopic (exact) mass is 270 g/mol. The van der Waals surface area contributed by atoms with Gasteiger partial charge in [0.1, 0.15) is 0 Å². The van der Waals surface area contributed by atoms with Crippen molar-refractivity contribution < 1.29 is 14.7 Å². The van der Waals surface area contributed by atoms with E-state index in [1.54, 1.807) is 0 Å². The highest BCUT2D eigenvalue weighted by molar-refractivity contribution is 5.85. The number of aliphatic carboxylic acids is 1. The summed E-state index contributed by atoms with van der Waals surface area (Å²) in [6, 6.07) is 0. The summed E-state index contributed by atoms with van der Waals surface area (Å²) in [5.74, 6) is -0.861. The van der Waals surface area contributed by atoms with E-state index in [9.17, 15) is 14.7 Å². The first-order valence-electron chi connectivity index (χ1n) is 7.22. The molecule has 0 bridgehead atoms. The van der Waals surface area contributed by atoms with E-state index in [1.807, 2.05) is 18.7 Å². The van der Waals surface area contributed by atoms with Crippen LogP contribution < -0.4 is 0 Å². The lowest BCUT2D eigenvalue weighted by molar-refractivity contribution is -0.154. The molecular weight excluding hydrogens is 244 g/mol. The second-order valence-corrected chi connectivity index (χ2v) is 5.28. The first-order chi connectivity index (χ1) is 8.99. The third-order valence-electron chi connectivity index (χ3n) is 4.47. The van der Waals surface area contributed by atoms with Gasteiger partial charge in [0.15, 0.2) is 0 Å². The molecule has 1 aliphatic heterocycles. The van der Waals surface area contributed by atoms with E-state index in [4.69, 9.17) is 0 Å². The number of rotatable bonds is 6. The molecule has 0 unspecified atom stereocenters. The Bertz CT molecular complexity index is 319. The van der Waals surface area contributed by atoms with Crippen molar-refractivity contribution in [3.63, 3.8) is 0 Å². The smallest absolute Gasteiger partial charge is 0.310 e. The Kier molecular flexibility index (Phi) is 5.79. The minimum absolute atomic E-state index is 0.0122. The number of piperazine rings is 1. The molecule has 1 fully saturated rings. The summed E-state index contributed by atoms with van der Waals surface area (Å²) in [7, 11) is 0. The van der Waals surface area contributed by atoms with Crippen LogP contribution in [0.5, 0.6) is 0 Å². The molecule has 1 N–H and O–H groups in total. The average molecular weight is 270 g/mol. The zero-order valence-corrected chi connectivity index (χ0v) is 12.3. The molecule has 5 nitrogen and oxygen atoms in total. The zero-order chi connectivity index (χ0) is 14.5. The van der Waals surface area contributed by atoms with Crippen LogP contribution in [-0.2, 0) is 9.59 Å². The Morgan fingerprint density at radius 2 is 1.58 bits per heavy atom. The summed E-state index contributed by atoms with van der Waals surface area (Å²) in [6.07, 6.45) is 1.13. The Morgan fingerprint density at radius 1 is 1.05 bits per heavy atom. The zero-order valence-electron chi connectivity index (χ0n) is 12.3. The molecule has 1 saturated heterocycles. The van der Waals surface area contributed by atoms with Crippen molar-refractivity contribution >= 4 is 11.9 Å². The van der Waals surface area contributed by atoms with Gasteiger partial charge in [0.05, 0.1) is 5.41 Å². The van der Waals surface area contributed by atoms with E-state index in [1.165, 1.54) is 0 Å². The largest absolute Gasteiger partial charge is 0.481 e. The molecule has 0 aromatic carbocycles. The Balaban J connectivity index is 2.61. The normalized spacial score (nSPS) is 17.5. The Labute approximate surface area is 115 Å². The predicted molar refractivity (Wildman–Crippen MR) is 74.0 cm³/mol. The molecule has 0 atom stereocenters. The predicted octanol–water partition coefficient (Wildman–Crippen LogP) is 1.43. The highest BCUT2D eigenvalue weighted by atomic mass is 16.4. The second-order valence-electron chi connectivity index (χ2n) is 5.28. The highest BCUT2D eigenvalue weighted by Crippen LogP contribution is 2.31. The van der Waals surface area contributed by atoms with E-state index in [0.29, 0.717) is 12.8 Å². The van der Waals surface area contributed by atoms with E-state index < -0.39 is 11.4 Å². The van der Waals surface area contributed by atoms with Crippen molar-refractivity contribution in [1.29, 1.82) is 0 Å². The fraction of sp³-hybridized carbons (Fsp3) is 0.857. The first-order valence-corrected chi connectivity index (χ1v) is 7.22. The number of carboxylic acid groups (broad SMARTS) is 1. The molecular formula is C14H26N2O3. The third-order valence-corrected chi connectivity index (χ3v) is 4.47. The molecule has 1 rings (SSSR count). The van der Waals surface area contributed by atoms with Crippen LogP contribution in [0.15, 0.2) is 0 Å². The van der Waals surface area contributed by atoms with Gasteiger partial charge >= 0.3 is 5.97 Å². The van der Waals surface area contributed by atoms with Gasteiger partial charge in [-0.25, -0.2) is 0 Å². The minimum Gasteiger partial charge on any atom is -0.481 e.